The van der Waals surface area contributed by atoms with Gasteiger partial charge in [0.25, 0.3) is 0 Å². The molecular weight excluding hydrogens is 302 g/mol. The van der Waals surface area contributed by atoms with E-state index in [9.17, 15) is 18.4 Å². The van der Waals surface area contributed by atoms with E-state index in [0.29, 0.717) is 11.1 Å². The molecule has 1 atom stereocenters. The third-order valence-corrected chi connectivity index (χ3v) is 3.88. The Kier molecular flexibility index (Phi) is 3.94. The van der Waals surface area contributed by atoms with Crippen molar-refractivity contribution in [2.75, 3.05) is 0 Å². The summed E-state index contributed by atoms with van der Waals surface area (Å²) in [6, 6.07) is 8.10. The summed E-state index contributed by atoms with van der Waals surface area (Å²) in [5.41, 5.74) is 0.907. The molecule has 0 spiro atoms. The molecule has 0 N–H and O–H groups in total. The molecule has 23 heavy (non-hydrogen) atoms. The number of rotatable bonds is 3. The highest BCUT2D eigenvalue weighted by Crippen LogP contribution is 2.39. The smallest absolute Gasteiger partial charge is 0.315 e. The van der Waals surface area contributed by atoms with E-state index in [4.69, 9.17) is 4.74 Å². The van der Waals surface area contributed by atoms with Crippen molar-refractivity contribution in [2.45, 2.75) is 25.7 Å². The first-order valence-electron chi connectivity index (χ1n) is 7.26. The van der Waals surface area contributed by atoms with Crippen LogP contribution in [0.15, 0.2) is 36.4 Å². The summed E-state index contributed by atoms with van der Waals surface area (Å²) in [6.45, 7) is 1.76. The van der Waals surface area contributed by atoms with Crippen LogP contribution in [0.2, 0.25) is 0 Å². The summed E-state index contributed by atoms with van der Waals surface area (Å²) < 4.78 is 32.2. The maximum absolute atomic E-state index is 13.9. The van der Waals surface area contributed by atoms with Gasteiger partial charge in [-0.2, -0.15) is 0 Å². The molecule has 0 saturated carbocycles. The first kappa shape index (κ1) is 15.3. The van der Waals surface area contributed by atoms with Crippen LogP contribution in [0.3, 0.4) is 0 Å². The molecule has 2 aromatic rings. The highest BCUT2D eigenvalue weighted by Gasteiger charge is 2.33. The number of esters is 1. The predicted molar refractivity (Wildman–Crippen MR) is 79.5 cm³/mol. The van der Waals surface area contributed by atoms with Crippen LogP contribution >= 0.6 is 0 Å². The fourth-order valence-electron chi connectivity index (χ4n) is 2.88. The van der Waals surface area contributed by atoms with E-state index in [-0.39, 0.29) is 35.9 Å². The lowest BCUT2D eigenvalue weighted by atomic mass is 10.0. The number of ether oxygens (including phenoxy) is 1. The molecule has 5 heteroatoms. The van der Waals surface area contributed by atoms with Gasteiger partial charge in [-0.15, -0.1) is 0 Å². The summed E-state index contributed by atoms with van der Waals surface area (Å²) in [7, 11) is 0. The van der Waals surface area contributed by atoms with Gasteiger partial charge >= 0.3 is 5.97 Å². The topological polar surface area (TPSA) is 43.4 Å². The van der Waals surface area contributed by atoms with Gasteiger partial charge in [-0.3, -0.25) is 9.59 Å². The Morgan fingerprint density at radius 1 is 1.26 bits per heavy atom. The molecule has 0 radical (unpaired) electrons. The van der Waals surface area contributed by atoms with E-state index in [1.165, 1.54) is 30.3 Å². The average molecular weight is 316 g/mol. The van der Waals surface area contributed by atoms with E-state index < -0.39 is 17.6 Å². The quantitative estimate of drug-likeness (QED) is 0.639. The number of carbonyl (C=O) groups is 2. The van der Waals surface area contributed by atoms with Crippen molar-refractivity contribution in [3.63, 3.8) is 0 Å². The lowest BCUT2D eigenvalue weighted by Crippen LogP contribution is -2.13. The molecule has 118 valence electrons. The van der Waals surface area contributed by atoms with E-state index in [2.05, 4.69) is 0 Å². The van der Waals surface area contributed by atoms with Crippen LogP contribution in [0.1, 0.15) is 40.7 Å². The first-order chi connectivity index (χ1) is 11.0. The van der Waals surface area contributed by atoms with Gasteiger partial charge in [-0.25, -0.2) is 8.78 Å². The Morgan fingerprint density at radius 2 is 2.04 bits per heavy atom. The zero-order valence-electron chi connectivity index (χ0n) is 12.4. The summed E-state index contributed by atoms with van der Waals surface area (Å²) in [4.78, 5) is 24.0. The largest absolute Gasteiger partial charge is 0.425 e. The van der Waals surface area contributed by atoms with Crippen LogP contribution in [0.25, 0.3) is 0 Å². The van der Waals surface area contributed by atoms with Gasteiger partial charge < -0.3 is 4.74 Å². The molecular formula is C18H14F2O3. The zero-order valence-corrected chi connectivity index (χ0v) is 12.4. The SMILES string of the molecule is CC1CC(=O)c2c(OC(=O)Cc3cccc(F)c3)ccc(F)c21. The second kappa shape index (κ2) is 5.91. The van der Waals surface area contributed by atoms with E-state index in [1.54, 1.807) is 13.0 Å². The van der Waals surface area contributed by atoms with Crippen molar-refractivity contribution in [3.8, 4) is 5.75 Å². The normalized spacial score (nSPS) is 16.3. The summed E-state index contributed by atoms with van der Waals surface area (Å²) in [6.07, 6.45) is 0.0678. The fraction of sp³-hybridized carbons (Fsp3) is 0.222. The number of carbonyl (C=O) groups excluding carboxylic acids is 2. The molecule has 1 aliphatic rings. The number of Topliss-reactive ketones (excluding diaryl/α,β-unsaturated/α-hetero) is 1. The Labute approximate surface area is 131 Å². The monoisotopic (exact) mass is 316 g/mol. The molecule has 0 bridgehead atoms. The molecule has 0 fully saturated rings. The van der Waals surface area contributed by atoms with Gasteiger partial charge in [-0.05, 0) is 35.7 Å². The second-order valence-electron chi connectivity index (χ2n) is 5.64. The average Bonchev–Trinajstić information content (AvgIpc) is 2.78. The first-order valence-corrected chi connectivity index (χ1v) is 7.26. The van der Waals surface area contributed by atoms with Gasteiger partial charge in [0.2, 0.25) is 0 Å². The molecule has 0 aromatic heterocycles. The predicted octanol–water partition coefficient (Wildman–Crippen LogP) is 3.80. The lowest BCUT2D eigenvalue weighted by Gasteiger charge is -2.10. The maximum atomic E-state index is 13.9. The third kappa shape index (κ3) is 2.99. The summed E-state index contributed by atoms with van der Waals surface area (Å²) >= 11 is 0. The highest BCUT2D eigenvalue weighted by molar-refractivity contribution is 6.04. The van der Waals surface area contributed by atoms with Crippen molar-refractivity contribution in [1.29, 1.82) is 0 Å². The molecule has 3 nitrogen and oxygen atoms in total. The highest BCUT2D eigenvalue weighted by atomic mass is 19.1. The van der Waals surface area contributed by atoms with Gasteiger partial charge in [0.05, 0.1) is 12.0 Å². The van der Waals surface area contributed by atoms with Gasteiger partial charge in [0, 0.05) is 12.0 Å². The van der Waals surface area contributed by atoms with Gasteiger partial charge in [0.1, 0.15) is 17.4 Å². The number of halogens is 2. The molecule has 0 saturated heterocycles. The molecule has 0 amide bonds. The number of hydrogen-bond donors (Lipinski definition) is 0. The van der Waals surface area contributed by atoms with Gasteiger partial charge in [0.15, 0.2) is 5.78 Å². The van der Waals surface area contributed by atoms with Crippen molar-refractivity contribution < 1.29 is 23.1 Å². The second-order valence-corrected chi connectivity index (χ2v) is 5.64. The van der Waals surface area contributed by atoms with Crippen LogP contribution < -0.4 is 4.74 Å². The summed E-state index contributed by atoms with van der Waals surface area (Å²) in [5.74, 6) is -1.95. The minimum Gasteiger partial charge on any atom is -0.425 e. The van der Waals surface area contributed by atoms with Crippen LogP contribution in [0.4, 0.5) is 8.78 Å². The van der Waals surface area contributed by atoms with E-state index >= 15 is 0 Å². The fourth-order valence-corrected chi connectivity index (χ4v) is 2.88. The van der Waals surface area contributed by atoms with Crippen LogP contribution in [0, 0.1) is 11.6 Å². The Bertz CT molecular complexity index is 799. The number of hydrogen-bond acceptors (Lipinski definition) is 3. The summed E-state index contributed by atoms with van der Waals surface area (Å²) in [5, 5.41) is 0. The zero-order chi connectivity index (χ0) is 16.6. The Balaban J connectivity index is 1.84. The number of benzene rings is 2. The Hall–Kier alpha value is -2.56. The van der Waals surface area contributed by atoms with E-state index in [1.807, 2.05) is 0 Å². The van der Waals surface area contributed by atoms with Crippen LogP contribution in [-0.4, -0.2) is 11.8 Å². The van der Waals surface area contributed by atoms with Crippen molar-refractivity contribution in [3.05, 3.63) is 64.7 Å². The molecule has 2 aromatic carbocycles. The molecule has 1 aliphatic carbocycles. The molecule has 0 heterocycles. The molecule has 3 rings (SSSR count). The minimum absolute atomic E-state index is 0.0668. The lowest BCUT2D eigenvalue weighted by molar-refractivity contribution is -0.133. The number of ketones is 1. The standard InChI is InChI=1S/C18H14F2O3/c1-10-7-14(21)18-15(6-5-13(20)17(10)18)23-16(22)9-11-3-2-4-12(19)8-11/h2-6,8,10H,7,9H2,1H3. The molecule has 0 aliphatic heterocycles. The van der Waals surface area contributed by atoms with Crippen molar-refractivity contribution in [2.24, 2.45) is 0 Å². The Morgan fingerprint density at radius 3 is 2.78 bits per heavy atom. The van der Waals surface area contributed by atoms with Crippen molar-refractivity contribution in [1.82, 2.24) is 0 Å². The van der Waals surface area contributed by atoms with Gasteiger partial charge in [-0.1, -0.05) is 19.1 Å². The number of fused-ring (bicyclic) bond motifs is 1. The third-order valence-electron chi connectivity index (χ3n) is 3.88. The minimum atomic E-state index is -0.628. The van der Waals surface area contributed by atoms with E-state index in [0.717, 1.165) is 0 Å². The van der Waals surface area contributed by atoms with Crippen molar-refractivity contribution >= 4 is 11.8 Å². The van der Waals surface area contributed by atoms with Crippen LogP contribution in [-0.2, 0) is 11.2 Å². The van der Waals surface area contributed by atoms with Crippen LogP contribution in [0.5, 0.6) is 5.75 Å². The molecule has 1 unspecified atom stereocenters. The maximum Gasteiger partial charge on any atom is 0.315 e.